The molecule has 0 spiro atoms. The van der Waals surface area contributed by atoms with Crippen molar-refractivity contribution in [3.8, 4) is 10.6 Å². The van der Waals surface area contributed by atoms with Crippen molar-refractivity contribution in [2.24, 2.45) is 0 Å². The summed E-state index contributed by atoms with van der Waals surface area (Å²) in [7, 11) is 0. The van der Waals surface area contributed by atoms with E-state index in [0.717, 1.165) is 61.3 Å². The molecule has 1 aromatic carbocycles. The standard InChI is InChI=1S/C24H27N5O2S/c30-23(26-15-18-3-6-20(7-4-18)28-11-13-31-14-12-28)21-17-32-24(27-21)19-5-8-22(25-16-19)29-9-1-2-10-29/h3-8,16-17H,1-2,9-15H2,(H,26,30). The van der Waals surface area contributed by atoms with Crippen LogP contribution in [0.15, 0.2) is 48.0 Å². The topological polar surface area (TPSA) is 70.6 Å². The molecular formula is C24H27N5O2S. The average molecular weight is 450 g/mol. The van der Waals surface area contributed by atoms with Crippen LogP contribution in [-0.2, 0) is 11.3 Å². The minimum absolute atomic E-state index is 0.161. The van der Waals surface area contributed by atoms with Crippen LogP contribution in [0.3, 0.4) is 0 Å². The second-order valence-corrected chi connectivity index (χ2v) is 8.94. The van der Waals surface area contributed by atoms with E-state index in [1.54, 1.807) is 5.38 Å². The molecule has 3 aromatic rings. The number of amides is 1. The molecule has 32 heavy (non-hydrogen) atoms. The zero-order valence-electron chi connectivity index (χ0n) is 18.0. The van der Waals surface area contributed by atoms with Gasteiger partial charge in [0.1, 0.15) is 16.5 Å². The maximum Gasteiger partial charge on any atom is 0.271 e. The summed E-state index contributed by atoms with van der Waals surface area (Å²) in [5, 5.41) is 5.59. The van der Waals surface area contributed by atoms with Gasteiger partial charge in [0.05, 0.1) is 13.2 Å². The first-order valence-corrected chi connectivity index (χ1v) is 12.0. The zero-order chi connectivity index (χ0) is 21.8. The molecule has 2 aliphatic heterocycles. The van der Waals surface area contributed by atoms with Gasteiger partial charge in [-0.05, 0) is 42.7 Å². The van der Waals surface area contributed by atoms with Crippen LogP contribution in [0.1, 0.15) is 28.9 Å². The third-order valence-electron chi connectivity index (χ3n) is 5.93. The minimum Gasteiger partial charge on any atom is -0.378 e. The number of carbonyl (C=O) groups excluding carboxylic acids is 1. The van der Waals surface area contributed by atoms with E-state index in [0.29, 0.717) is 12.2 Å². The molecule has 2 fully saturated rings. The molecule has 0 saturated carbocycles. The molecule has 0 radical (unpaired) electrons. The van der Waals surface area contributed by atoms with Gasteiger partial charge in [-0.2, -0.15) is 0 Å². The van der Waals surface area contributed by atoms with Gasteiger partial charge in [0.15, 0.2) is 0 Å². The summed E-state index contributed by atoms with van der Waals surface area (Å²) < 4.78 is 5.41. The maximum atomic E-state index is 12.6. The molecule has 2 aromatic heterocycles. The highest BCUT2D eigenvalue weighted by molar-refractivity contribution is 7.13. The van der Waals surface area contributed by atoms with Crippen molar-refractivity contribution in [2.45, 2.75) is 19.4 Å². The fourth-order valence-corrected chi connectivity index (χ4v) is 4.87. The van der Waals surface area contributed by atoms with Crippen molar-refractivity contribution >= 4 is 28.7 Å². The van der Waals surface area contributed by atoms with Crippen LogP contribution in [0.5, 0.6) is 0 Å². The van der Waals surface area contributed by atoms with E-state index in [9.17, 15) is 4.79 Å². The Hall–Kier alpha value is -2.97. The van der Waals surface area contributed by atoms with Crippen LogP contribution in [0.25, 0.3) is 10.6 Å². The van der Waals surface area contributed by atoms with Gasteiger partial charge in [-0.1, -0.05) is 12.1 Å². The molecule has 1 amide bonds. The van der Waals surface area contributed by atoms with Gasteiger partial charge in [0, 0.05) is 55.6 Å². The van der Waals surface area contributed by atoms with Crippen LogP contribution >= 0.6 is 11.3 Å². The largest absolute Gasteiger partial charge is 0.378 e. The lowest BCUT2D eigenvalue weighted by molar-refractivity contribution is 0.0946. The Morgan fingerprint density at radius 1 is 1.00 bits per heavy atom. The highest BCUT2D eigenvalue weighted by atomic mass is 32.1. The molecule has 7 nitrogen and oxygen atoms in total. The molecule has 8 heteroatoms. The third kappa shape index (κ3) is 4.76. The average Bonchev–Trinajstić information content (AvgIpc) is 3.57. The lowest BCUT2D eigenvalue weighted by Crippen LogP contribution is -2.36. The SMILES string of the molecule is O=C(NCc1ccc(N2CCOCC2)cc1)c1csc(-c2ccc(N3CCCC3)nc2)n1. The molecule has 2 aliphatic rings. The Morgan fingerprint density at radius 3 is 2.50 bits per heavy atom. The number of morpholine rings is 1. The molecule has 0 atom stereocenters. The Labute approximate surface area is 192 Å². The van der Waals surface area contributed by atoms with Gasteiger partial charge < -0.3 is 19.9 Å². The van der Waals surface area contributed by atoms with E-state index < -0.39 is 0 Å². The number of pyridine rings is 1. The Bertz CT molecular complexity index is 1040. The summed E-state index contributed by atoms with van der Waals surface area (Å²) in [6, 6.07) is 12.4. The van der Waals surface area contributed by atoms with E-state index >= 15 is 0 Å². The second-order valence-electron chi connectivity index (χ2n) is 8.09. The Morgan fingerprint density at radius 2 is 1.78 bits per heavy atom. The number of benzene rings is 1. The number of anilines is 2. The summed E-state index contributed by atoms with van der Waals surface area (Å²) in [6.45, 7) is 5.99. The van der Waals surface area contributed by atoms with E-state index in [-0.39, 0.29) is 5.91 Å². The van der Waals surface area contributed by atoms with Crippen molar-refractivity contribution in [1.29, 1.82) is 0 Å². The quantitative estimate of drug-likeness (QED) is 0.620. The van der Waals surface area contributed by atoms with Crippen molar-refractivity contribution in [1.82, 2.24) is 15.3 Å². The number of nitrogens with one attached hydrogen (secondary N) is 1. The highest BCUT2D eigenvalue weighted by Crippen LogP contribution is 2.26. The van der Waals surface area contributed by atoms with Crippen LogP contribution < -0.4 is 15.1 Å². The number of hydrogen-bond acceptors (Lipinski definition) is 7. The number of thiazole rings is 1. The lowest BCUT2D eigenvalue weighted by Gasteiger charge is -2.28. The molecular weight excluding hydrogens is 422 g/mol. The monoisotopic (exact) mass is 449 g/mol. The van der Waals surface area contributed by atoms with Crippen molar-refractivity contribution in [3.05, 3.63) is 59.2 Å². The summed E-state index contributed by atoms with van der Waals surface area (Å²) in [4.78, 5) is 26.3. The van der Waals surface area contributed by atoms with Crippen molar-refractivity contribution < 1.29 is 9.53 Å². The first-order valence-electron chi connectivity index (χ1n) is 11.1. The molecule has 166 valence electrons. The van der Waals surface area contributed by atoms with Crippen LogP contribution in [-0.4, -0.2) is 55.3 Å². The molecule has 5 rings (SSSR count). The third-order valence-corrected chi connectivity index (χ3v) is 6.82. The number of aromatic nitrogens is 2. The normalized spacial score (nSPS) is 16.4. The fraction of sp³-hybridized carbons (Fsp3) is 0.375. The number of ether oxygens (including phenoxy) is 1. The Kier molecular flexibility index (Phi) is 6.31. The van der Waals surface area contributed by atoms with Crippen molar-refractivity contribution in [3.63, 3.8) is 0 Å². The number of nitrogens with zero attached hydrogens (tertiary/aromatic N) is 4. The van der Waals surface area contributed by atoms with Gasteiger partial charge in [-0.3, -0.25) is 4.79 Å². The first-order chi connectivity index (χ1) is 15.8. The maximum absolute atomic E-state index is 12.6. The smallest absolute Gasteiger partial charge is 0.271 e. The van der Waals surface area contributed by atoms with Gasteiger partial charge in [-0.15, -0.1) is 11.3 Å². The second kappa shape index (κ2) is 9.67. The van der Waals surface area contributed by atoms with E-state index in [2.05, 4.69) is 49.4 Å². The molecule has 4 heterocycles. The van der Waals surface area contributed by atoms with E-state index in [4.69, 9.17) is 4.74 Å². The van der Waals surface area contributed by atoms with Gasteiger partial charge in [0.25, 0.3) is 5.91 Å². The first kappa shape index (κ1) is 20.9. The lowest BCUT2D eigenvalue weighted by atomic mass is 10.2. The summed E-state index contributed by atoms with van der Waals surface area (Å²) >= 11 is 1.47. The number of carbonyl (C=O) groups is 1. The van der Waals surface area contributed by atoms with Gasteiger partial charge in [0.2, 0.25) is 0 Å². The zero-order valence-corrected chi connectivity index (χ0v) is 18.8. The van der Waals surface area contributed by atoms with Crippen LogP contribution in [0.4, 0.5) is 11.5 Å². The van der Waals surface area contributed by atoms with E-state index in [1.807, 2.05) is 18.3 Å². The minimum atomic E-state index is -0.161. The fourth-order valence-electron chi connectivity index (χ4n) is 4.08. The summed E-state index contributed by atoms with van der Waals surface area (Å²) in [5.74, 6) is 0.854. The predicted molar refractivity (Wildman–Crippen MR) is 127 cm³/mol. The summed E-state index contributed by atoms with van der Waals surface area (Å²) in [5.41, 5.74) is 3.64. The predicted octanol–water partition coefficient (Wildman–Crippen LogP) is 3.57. The summed E-state index contributed by atoms with van der Waals surface area (Å²) in [6.07, 6.45) is 4.31. The van der Waals surface area contributed by atoms with Crippen LogP contribution in [0, 0.1) is 0 Å². The molecule has 0 bridgehead atoms. The Balaban J connectivity index is 1.17. The van der Waals surface area contributed by atoms with Gasteiger partial charge >= 0.3 is 0 Å². The number of rotatable bonds is 6. The molecule has 1 N–H and O–H groups in total. The molecule has 2 saturated heterocycles. The highest BCUT2D eigenvalue weighted by Gasteiger charge is 2.16. The molecule has 0 aliphatic carbocycles. The van der Waals surface area contributed by atoms with Gasteiger partial charge in [-0.25, -0.2) is 9.97 Å². The number of hydrogen-bond donors (Lipinski definition) is 1. The van der Waals surface area contributed by atoms with Crippen molar-refractivity contribution in [2.75, 3.05) is 49.2 Å². The molecule has 0 unspecified atom stereocenters. The van der Waals surface area contributed by atoms with E-state index in [1.165, 1.54) is 29.9 Å². The van der Waals surface area contributed by atoms with Crippen LogP contribution in [0.2, 0.25) is 0 Å².